The first-order valence-corrected chi connectivity index (χ1v) is 12.1. The van der Waals surface area contributed by atoms with Gasteiger partial charge in [-0.25, -0.2) is 0 Å². The predicted molar refractivity (Wildman–Crippen MR) is 138 cm³/mol. The van der Waals surface area contributed by atoms with Gasteiger partial charge < -0.3 is 19.3 Å². The van der Waals surface area contributed by atoms with E-state index in [1.54, 1.807) is 50.6 Å². The summed E-state index contributed by atoms with van der Waals surface area (Å²) in [5.74, 6) is 1.79. The third-order valence-corrected chi connectivity index (χ3v) is 6.74. The normalized spacial score (nSPS) is 17.2. The number of ether oxygens (including phenoxy) is 3. The van der Waals surface area contributed by atoms with Gasteiger partial charge in [-0.3, -0.25) is 14.6 Å². The SMILES string of the molecule is COc1ccc(OC)c(/C=C2\Oc3c(ccc(O)c3CN3CCN(Cc4ccccc4)CC3)C2=O)c1. The van der Waals surface area contributed by atoms with Crippen LogP contribution in [-0.2, 0) is 13.1 Å². The van der Waals surface area contributed by atoms with Crippen LogP contribution in [0.3, 0.4) is 0 Å². The van der Waals surface area contributed by atoms with Gasteiger partial charge in [-0.15, -0.1) is 0 Å². The van der Waals surface area contributed by atoms with Crippen LogP contribution in [0.4, 0.5) is 0 Å². The number of fused-ring (bicyclic) bond motifs is 1. The van der Waals surface area contributed by atoms with Gasteiger partial charge in [0, 0.05) is 44.8 Å². The Hall–Kier alpha value is -3.81. The number of nitrogens with zero attached hydrogens (tertiary/aromatic N) is 2. The van der Waals surface area contributed by atoms with E-state index in [0.29, 0.717) is 40.5 Å². The molecule has 0 spiro atoms. The molecule has 186 valence electrons. The molecule has 36 heavy (non-hydrogen) atoms. The van der Waals surface area contributed by atoms with Crippen molar-refractivity contribution in [2.75, 3.05) is 40.4 Å². The molecule has 2 aliphatic rings. The molecule has 7 nitrogen and oxygen atoms in total. The number of carbonyl (C=O) groups is 1. The van der Waals surface area contributed by atoms with Crippen molar-refractivity contribution in [2.24, 2.45) is 0 Å². The van der Waals surface area contributed by atoms with E-state index in [2.05, 4.69) is 34.1 Å². The number of phenolic OH excluding ortho intramolecular Hbond substituents is 1. The number of methoxy groups -OCH3 is 2. The van der Waals surface area contributed by atoms with Gasteiger partial charge >= 0.3 is 0 Å². The van der Waals surface area contributed by atoms with E-state index < -0.39 is 0 Å². The van der Waals surface area contributed by atoms with Crippen molar-refractivity contribution in [1.82, 2.24) is 9.80 Å². The number of hydrogen-bond donors (Lipinski definition) is 1. The molecule has 1 N–H and O–H groups in total. The van der Waals surface area contributed by atoms with E-state index in [1.807, 2.05) is 6.07 Å². The molecule has 2 heterocycles. The van der Waals surface area contributed by atoms with Crippen LogP contribution < -0.4 is 14.2 Å². The van der Waals surface area contributed by atoms with E-state index in [-0.39, 0.29) is 17.3 Å². The summed E-state index contributed by atoms with van der Waals surface area (Å²) in [4.78, 5) is 17.9. The highest BCUT2D eigenvalue weighted by Gasteiger charge is 2.32. The van der Waals surface area contributed by atoms with Gasteiger partial charge in [0.2, 0.25) is 5.78 Å². The quantitative estimate of drug-likeness (QED) is 0.498. The highest BCUT2D eigenvalue weighted by molar-refractivity contribution is 6.15. The highest BCUT2D eigenvalue weighted by atomic mass is 16.5. The maximum atomic E-state index is 13.2. The molecule has 0 amide bonds. The fourth-order valence-corrected chi connectivity index (χ4v) is 4.71. The molecule has 0 atom stereocenters. The number of Topliss-reactive ketones (excluding diaryl/α,β-unsaturated/α-hetero) is 1. The summed E-state index contributed by atoms with van der Waals surface area (Å²) in [7, 11) is 3.16. The number of benzene rings is 3. The molecule has 0 aliphatic carbocycles. The second-order valence-corrected chi connectivity index (χ2v) is 9.03. The molecule has 0 radical (unpaired) electrons. The Morgan fingerprint density at radius 1 is 0.917 bits per heavy atom. The molecule has 1 saturated heterocycles. The fraction of sp³-hybridized carbons (Fsp3) is 0.276. The van der Waals surface area contributed by atoms with Crippen LogP contribution >= 0.6 is 0 Å². The van der Waals surface area contributed by atoms with Crippen molar-refractivity contribution >= 4 is 11.9 Å². The summed E-state index contributed by atoms with van der Waals surface area (Å²) in [6.07, 6.45) is 1.66. The second kappa shape index (κ2) is 10.4. The van der Waals surface area contributed by atoms with Crippen molar-refractivity contribution in [1.29, 1.82) is 0 Å². The summed E-state index contributed by atoms with van der Waals surface area (Å²) in [6.45, 7) is 5.05. The molecule has 0 bridgehead atoms. The highest BCUT2D eigenvalue weighted by Crippen LogP contribution is 2.41. The molecule has 0 aromatic heterocycles. The van der Waals surface area contributed by atoms with Gasteiger partial charge in [0.05, 0.1) is 25.3 Å². The van der Waals surface area contributed by atoms with Crippen LogP contribution in [0.1, 0.15) is 27.0 Å². The third-order valence-electron chi connectivity index (χ3n) is 6.74. The molecule has 0 saturated carbocycles. The molecule has 0 unspecified atom stereocenters. The van der Waals surface area contributed by atoms with Crippen molar-refractivity contribution in [3.8, 4) is 23.0 Å². The van der Waals surface area contributed by atoms with E-state index in [9.17, 15) is 9.90 Å². The number of carbonyl (C=O) groups excluding carboxylic acids is 1. The van der Waals surface area contributed by atoms with E-state index in [1.165, 1.54) is 5.56 Å². The maximum absolute atomic E-state index is 13.2. The Labute approximate surface area is 211 Å². The number of ketones is 1. The predicted octanol–water partition coefficient (Wildman–Crippen LogP) is 4.34. The number of aromatic hydroxyl groups is 1. The minimum atomic E-state index is -0.219. The van der Waals surface area contributed by atoms with E-state index in [0.717, 1.165) is 32.7 Å². The Bertz CT molecular complexity index is 1280. The van der Waals surface area contributed by atoms with Crippen LogP contribution in [0.2, 0.25) is 0 Å². The minimum Gasteiger partial charge on any atom is -0.507 e. The molecule has 3 aromatic rings. The van der Waals surface area contributed by atoms with Gasteiger partial charge in [0.1, 0.15) is 23.0 Å². The largest absolute Gasteiger partial charge is 0.507 e. The number of hydrogen-bond acceptors (Lipinski definition) is 7. The number of phenols is 1. The van der Waals surface area contributed by atoms with Gasteiger partial charge in [0.25, 0.3) is 0 Å². The van der Waals surface area contributed by atoms with Crippen LogP contribution in [0.25, 0.3) is 6.08 Å². The third kappa shape index (κ3) is 4.94. The molecule has 3 aromatic carbocycles. The first-order chi connectivity index (χ1) is 17.6. The van der Waals surface area contributed by atoms with Crippen LogP contribution in [0.5, 0.6) is 23.0 Å². The maximum Gasteiger partial charge on any atom is 0.231 e. The molecular formula is C29H30N2O5. The zero-order valence-corrected chi connectivity index (χ0v) is 20.6. The first kappa shape index (κ1) is 23.9. The fourth-order valence-electron chi connectivity index (χ4n) is 4.71. The molecular weight excluding hydrogens is 456 g/mol. The average molecular weight is 487 g/mol. The topological polar surface area (TPSA) is 71.5 Å². The number of piperazine rings is 1. The lowest BCUT2D eigenvalue weighted by atomic mass is 10.0. The number of rotatable bonds is 7. The van der Waals surface area contributed by atoms with Crippen LogP contribution in [0, 0.1) is 0 Å². The first-order valence-electron chi connectivity index (χ1n) is 12.1. The standard InChI is InChI=1S/C29H30N2O5/c1-34-22-8-11-26(35-2)21(16-22)17-27-28(33)23-9-10-25(32)24(29(23)36-27)19-31-14-12-30(13-15-31)18-20-6-4-3-5-7-20/h3-11,16-17,32H,12-15,18-19H2,1-2H3/b27-17-. The molecule has 2 aliphatic heterocycles. The Morgan fingerprint density at radius 2 is 1.64 bits per heavy atom. The van der Waals surface area contributed by atoms with Gasteiger partial charge in [0.15, 0.2) is 5.76 Å². The Kier molecular flexibility index (Phi) is 6.93. The Balaban J connectivity index is 1.32. The molecule has 5 rings (SSSR count). The lowest BCUT2D eigenvalue weighted by Gasteiger charge is -2.35. The van der Waals surface area contributed by atoms with Crippen LogP contribution in [0.15, 0.2) is 66.4 Å². The van der Waals surface area contributed by atoms with Crippen molar-refractivity contribution in [3.63, 3.8) is 0 Å². The van der Waals surface area contributed by atoms with E-state index >= 15 is 0 Å². The summed E-state index contributed by atoms with van der Waals surface area (Å²) < 4.78 is 16.8. The monoisotopic (exact) mass is 486 g/mol. The smallest absolute Gasteiger partial charge is 0.231 e. The average Bonchev–Trinajstić information content (AvgIpc) is 3.22. The van der Waals surface area contributed by atoms with Crippen molar-refractivity contribution in [2.45, 2.75) is 13.1 Å². The second-order valence-electron chi connectivity index (χ2n) is 9.03. The van der Waals surface area contributed by atoms with Gasteiger partial charge in [-0.05, 0) is 42.0 Å². The summed E-state index contributed by atoms with van der Waals surface area (Å²) >= 11 is 0. The van der Waals surface area contributed by atoms with Crippen LogP contribution in [-0.4, -0.2) is 61.1 Å². The van der Waals surface area contributed by atoms with Crippen molar-refractivity contribution < 1.29 is 24.1 Å². The zero-order valence-electron chi connectivity index (χ0n) is 20.6. The minimum absolute atomic E-state index is 0.133. The molecule has 1 fully saturated rings. The Morgan fingerprint density at radius 3 is 2.33 bits per heavy atom. The summed E-state index contributed by atoms with van der Waals surface area (Å²) in [6, 6.07) is 19.0. The van der Waals surface area contributed by atoms with Gasteiger partial charge in [-0.1, -0.05) is 30.3 Å². The van der Waals surface area contributed by atoms with E-state index in [4.69, 9.17) is 14.2 Å². The summed E-state index contributed by atoms with van der Waals surface area (Å²) in [5.41, 5.74) is 3.08. The zero-order chi connectivity index (χ0) is 25.1. The molecule has 7 heteroatoms. The lowest BCUT2D eigenvalue weighted by molar-refractivity contribution is 0.101. The lowest BCUT2D eigenvalue weighted by Crippen LogP contribution is -2.45. The summed E-state index contributed by atoms with van der Waals surface area (Å²) in [5, 5.41) is 10.7. The van der Waals surface area contributed by atoms with Crippen molar-refractivity contribution in [3.05, 3.63) is 88.7 Å². The number of allylic oxidation sites excluding steroid dienone is 1. The van der Waals surface area contributed by atoms with Gasteiger partial charge in [-0.2, -0.15) is 0 Å².